The molecule has 1 aromatic heterocycles. The van der Waals surface area contributed by atoms with Gasteiger partial charge in [0.25, 0.3) is 0 Å². The van der Waals surface area contributed by atoms with Crippen LogP contribution in [0.1, 0.15) is 45.5 Å². The summed E-state index contributed by atoms with van der Waals surface area (Å²) in [6.45, 7) is 9.05. The van der Waals surface area contributed by atoms with E-state index in [1.807, 2.05) is 6.92 Å². The van der Waals surface area contributed by atoms with Crippen LogP contribution in [0, 0.1) is 0 Å². The molecule has 0 spiro atoms. The van der Waals surface area contributed by atoms with Crippen LogP contribution in [0.5, 0.6) is 0 Å². The first kappa shape index (κ1) is 27.2. The largest absolute Gasteiger partial charge is 0.444 e. The fourth-order valence-electron chi connectivity index (χ4n) is 3.71. The number of rotatable bonds is 5. The molecule has 2 aliphatic heterocycles. The van der Waals surface area contributed by atoms with Gasteiger partial charge in [-0.3, -0.25) is 9.79 Å². The van der Waals surface area contributed by atoms with Gasteiger partial charge < -0.3 is 25.2 Å². The predicted molar refractivity (Wildman–Crippen MR) is 128 cm³/mol. The molecule has 2 aliphatic rings. The van der Waals surface area contributed by atoms with Crippen molar-refractivity contribution < 1.29 is 27.5 Å². The third-order valence-electron chi connectivity index (χ3n) is 5.68. The van der Waals surface area contributed by atoms with Crippen molar-refractivity contribution in [2.24, 2.45) is 10.7 Å². The average Bonchev–Trinajstić information content (AvgIpc) is 2.73. The van der Waals surface area contributed by atoms with Crippen LogP contribution in [0.4, 0.5) is 23.9 Å². The summed E-state index contributed by atoms with van der Waals surface area (Å²) in [5.74, 6) is -0.300. The quantitative estimate of drug-likeness (QED) is 0.604. The van der Waals surface area contributed by atoms with Gasteiger partial charge in [0.2, 0.25) is 11.9 Å². The molecule has 3 heterocycles. The van der Waals surface area contributed by atoms with Crippen molar-refractivity contribution in [3.8, 4) is 0 Å². The van der Waals surface area contributed by atoms with Crippen LogP contribution >= 0.6 is 0 Å². The van der Waals surface area contributed by atoms with Gasteiger partial charge in [-0.15, -0.1) is 0 Å². The number of alkyl halides is 3. The van der Waals surface area contributed by atoms with E-state index in [1.54, 1.807) is 35.5 Å². The third kappa shape index (κ3) is 6.85. The Balaban J connectivity index is 1.65. The van der Waals surface area contributed by atoms with Crippen LogP contribution in [0.25, 0.3) is 5.57 Å². The highest BCUT2D eigenvalue weighted by Crippen LogP contribution is 2.31. The molecule has 2 amide bonds. The molecule has 1 aromatic rings. The first-order valence-electron chi connectivity index (χ1n) is 11.7. The van der Waals surface area contributed by atoms with Gasteiger partial charge in [0, 0.05) is 56.8 Å². The monoisotopic (exact) mass is 511 g/mol. The number of aliphatic imine (C=N–C) groups is 1. The molecule has 2 N–H and O–H groups in total. The number of piperazine rings is 1. The van der Waals surface area contributed by atoms with Crippen molar-refractivity contribution >= 4 is 29.7 Å². The van der Waals surface area contributed by atoms with Crippen molar-refractivity contribution in [3.05, 3.63) is 23.7 Å². The van der Waals surface area contributed by atoms with Gasteiger partial charge in [0.05, 0.1) is 5.69 Å². The highest BCUT2D eigenvalue weighted by atomic mass is 19.4. The van der Waals surface area contributed by atoms with Crippen molar-refractivity contribution in [3.63, 3.8) is 0 Å². The number of allylic oxidation sites excluding steroid dienone is 1. The zero-order valence-corrected chi connectivity index (χ0v) is 20.9. The minimum absolute atomic E-state index is 0.0217. The van der Waals surface area contributed by atoms with Crippen LogP contribution in [-0.2, 0) is 15.7 Å². The molecule has 0 radical (unpaired) electrons. The van der Waals surface area contributed by atoms with Crippen LogP contribution in [0.3, 0.4) is 0 Å². The second kappa shape index (κ2) is 10.7. The Morgan fingerprint density at radius 2 is 1.89 bits per heavy atom. The molecular weight excluding hydrogens is 479 g/mol. The zero-order chi connectivity index (χ0) is 26.7. The van der Waals surface area contributed by atoms with Crippen molar-refractivity contribution in [2.75, 3.05) is 44.2 Å². The molecule has 198 valence electrons. The number of carbonyl (C=O) groups is 2. The normalized spacial score (nSPS) is 19.5. The molecule has 3 rings (SSSR count). The molecule has 36 heavy (non-hydrogen) atoms. The summed E-state index contributed by atoms with van der Waals surface area (Å²) in [6.07, 6.45) is -1.90. The van der Waals surface area contributed by atoms with Crippen molar-refractivity contribution in [1.82, 2.24) is 19.8 Å². The Morgan fingerprint density at radius 3 is 2.42 bits per heavy atom. The fraction of sp³-hybridized carbons (Fsp3) is 0.609. The van der Waals surface area contributed by atoms with Gasteiger partial charge in [-0.25, -0.2) is 14.8 Å². The maximum absolute atomic E-state index is 13.4. The van der Waals surface area contributed by atoms with E-state index in [0.29, 0.717) is 32.7 Å². The van der Waals surface area contributed by atoms with E-state index in [-0.39, 0.29) is 35.7 Å². The number of nitrogens with two attached hydrogens (primary N) is 1. The number of hydrogen-bond acceptors (Lipinski definition) is 8. The smallest absolute Gasteiger partial charge is 0.433 e. The van der Waals surface area contributed by atoms with E-state index >= 15 is 0 Å². The lowest BCUT2D eigenvalue weighted by molar-refractivity contribution is -0.141. The Kier molecular flexibility index (Phi) is 8.09. The summed E-state index contributed by atoms with van der Waals surface area (Å²) in [4.78, 5) is 41.8. The van der Waals surface area contributed by atoms with Crippen molar-refractivity contribution in [2.45, 2.75) is 51.9 Å². The third-order valence-corrected chi connectivity index (χ3v) is 5.68. The Morgan fingerprint density at radius 1 is 1.19 bits per heavy atom. The molecule has 0 saturated carbocycles. The van der Waals surface area contributed by atoms with Gasteiger partial charge in [-0.1, -0.05) is 0 Å². The van der Waals surface area contributed by atoms with Crippen LogP contribution in [-0.4, -0.2) is 88.9 Å². The Hall–Kier alpha value is -3.38. The van der Waals surface area contributed by atoms with Gasteiger partial charge in [0.15, 0.2) is 5.69 Å². The summed E-state index contributed by atoms with van der Waals surface area (Å²) in [6, 6.07) is 0.558. The second-order valence-electron chi connectivity index (χ2n) is 9.73. The van der Waals surface area contributed by atoms with Crippen molar-refractivity contribution in [1.29, 1.82) is 0 Å². The van der Waals surface area contributed by atoms with E-state index in [0.717, 1.165) is 18.7 Å². The second-order valence-corrected chi connectivity index (χ2v) is 9.73. The number of carbonyl (C=O) groups excluding carboxylic acids is 2. The number of ether oxygens (including phenoxy) is 1. The molecule has 2 fully saturated rings. The molecule has 10 nitrogen and oxygen atoms in total. The fourth-order valence-corrected chi connectivity index (χ4v) is 3.71. The number of aromatic nitrogens is 2. The summed E-state index contributed by atoms with van der Waals surface area (Å²) in [7, 11) is 0. The van der Waals surface area contributed by atoms with Crippen LogP contribution < -0.4 is 10.6 Å². The Labute approximate surface area is 208 Å². The minimum atomic E-state index is -4.65. The number of hydrogen-bond donors (Lipinski definition) is 1. The number of halogens is 3. The molecule has 0 bridgehead atoms. The van der Waals surface area contributed by atoms with E-state index in [1.165, 1.54) is 6.21 Å². The summed E-state index contributed by atoms with van der Waals surface area (Å²) in [5, 5.41) is 0. The molecule has 0 aromatic carbocycles. The van der Waals surface area contributed by atoms with Gasteiger partial charge in [-0.05, 0) is 40.2 Å². The molecule has 1 unspecified atom stereocenters. The lowest BCUT2D eigenvalue weighted by Crippen LogP contribution is -2.56. The maximum atomic E-state index is 13.4. The molecule has 0 aliphatic carbocycles. The maximum Gasteiger partial charge on any atom is 0.433 e. The highest BCUT2D eigenvalue weighted by molar-refractivity contribution is 6.09. The van der Waals surface area contributed by atoms with E-state index in [4.69, 9.17) is 10.5 Å². The van der Waals surface area contributed by atoms with Crippen LogP contribution in [0.15, 0.2) is 17.3 Å². The SMILES string of the molecule is CC1CN(C(=O)OC(C)(C)C)CCN1C(=O)CN=CC(=CN)c1cc(C(F)(F)F)nc(N2CCC2)n1. The van der Waals surface area contributed by atoms with E-state index in [9.17, 15) is 22.8 Å². The number of amides is 2. The molecule has 13 heteroatoms. The standard InChI is InChI=1S/C23H32F3N7O3/c1-15-14-32(21(35)36-22(2,3)4)8-9-33(15)19(34)13-28-12-16(11-27)17-10-18(23(24,25)26)30-20(29-17)31-6-5-7-31/h10-12,15H,5-9,13-14,27H2,1-4H3. The lowest BCUT2D eigenvalue weighted by Gasteiger charge is -2.40. The Bertz CT molecular complexity index is 1030. The zero-order valence-electron chi connectivity index (χ0n) is 20.9. The van der Waals surface area contributed by atoms with Gasteiger partial charge >= 0.3 is 12.3 Å². The first-order valence-corrected chi connectivity index (χ1v) is 11.7. The van der Waals surface area contributed by atoms with Gasteiger partial charge in [-0.2, -0.15) is 13.2 Å². The molecule has 1 atom stereocenters. The number of nitrogens with zero attached hydrogens (tertiary/aromatic N) is 6. The van der Waals surface area contributed by atoms with Gasteiger partial charge in [0.1, 0.15) is 12.1 Å². The van der Waals surface area contributed by atoms with E-state index < -0.39 is 23.6 Å². The van der Waals surface area contributed by atoms with Crippen LogP contribution in [0.2, 0.25) is 0 Å². The topological polar surface area (TPSA) is 117 Å². The highest BCUT2D eigenvalue weighted by Gasteiger charge is 2.35. The average molecular weight is 512 g/mol. The van der Waals surface area contributed by atoms with E-state index in [2.05, 4.69) is 15.0 Å². The summed E-state index contributed by atoms with van der Waals surface area (Å²) in [5.41, 5.74) is 4.07. The minimum Gasteiger partial charge on any atom is -0.444 e. The first-order chi connectivity index (χ1) is 16.8. The molecule has 2 saturated heterocycles. The predicted octanol–water partition coefficient (Wildman–Crippen LogP) is 2.54. The number of anilines is 1. The summed E-state index contributed by atoms with van der Waals surface area (Å²) < 4.78 is 45.5. The molecular formula is C23H32F3N7O3. The lowest BCUT2D eigenvalue weighted by atomic mass is 10.1. The summed E-state index contributed by atoms with van der Waals surface area (Å²) >= 11 is 0.